The maximum atomic E-state index is 11.2. The second-order valence-electron chi connectivity index (χ2n) is 3.51. The third kappa shape index (κ3) is 6.06. The van der Waals surface area contributed by atoms with Crippen LogP contribution in [0.15, 0.2) is 35.5 Å². The lowest BCUT2D eigenvalue weighted by atomic mass is 10.2. The lowest BCUT2D eigenvalue weighted by molar-refractivity contribution is -0.136. The number of ether oxygens (including phenoxy) is 2. The van der Waals surface area contributed by atoms with E-state index < -0.39 is 18.0 Å². The molecule has 7 nitrogen and oxygen atoms in total. The zero-order valence-electron chi connectivity index (χ0n) is 9.98. The molecule has 0 saturated carbocycles. The van der Waals surface area contributed by atoms with Gasteiger partial charge in [0.25, 0.3) is 0 Å². The van der Waals surface area contributed by atoms with Crippen molar-refractivity contribution in [2.75, 3.05) is 0 Å². The fraction of sp³-hybridized carbons (Fsp3) is 0.250. The number of hydrogen-bond donors (Lipinski definition) is 2. The maximum absolute atomic E-state index is 11.2. The molecular formula is C12H13NO6. The molecule has 1 rings (SSSR count). The van der Waals surface area contributed by atoms with Gasteiger partial charge < -0.3 is 19.8 Å². The average molecular weight is 267 g/mol. The summed E-state index contributed by atoms with van der Waals surface area (Å²) in [6, 6.07) is 8.93. The number of benzene rings is 1. The van der Waals surface area contributed by atoms with Crippen LogP contribution in [0.3, 0.4) is 0 Å². The van der Waals surface area contributed by atoms with E-state index in [1.807, 2.05) is 6.07 Å². The number of carboxylic acids is 1. The third-order valence-electron chi connectivity index (χ3n) is 2.06. The molecule has 0 spiro atoms. The Hall–Kier alpha value is -2.57. The topological polar surface area (TPSA) is 105 Å². The molecule has 2 N–H and O–H groups in total. The molecule has 0 aromatic heterocycles. The standard InChI is InChI=1S/C12H13NO6/c14-11(15)7-6-10(13-17)19-12(16)18-8-9-4-2-1-3-5-9/h1-5,17H,6-8H2,(H,14,15). The van der Waals surface area contributed by atoms with Gasteiger partial charge in [0.05, 0.1) is 6.42 Å². The summed E-state index contributed by atoms with van der Waals surface area (Å²) in [5, 5.41) is 19.7. The van der Waals surface area contributed by atoms with Crippen LogP contribution in [-0.4, -0.2) is 28.3 Å². The molecule has 1 aromatic carbocycles. The number of rotatable bonds is 5. The molecule has 0 aliphatic heterocycles. The first-order valence-electron chi connectivity index (χ1n) is 5.43. The number of aliphatic carboxylic acids is 1. The Morgan fingerprint density at radius 2 is 1.84 bits per heavy atom. The largest absolute Gasteiger partial charge is 0.515 e. The summed E-state index contributed by atoms with van der Waals surface area (Å²) in [5.74, 6) is -1.50. The predicted molar refractivity (Wildman–Crippen MR) is 63.8 cm³/mol. The number of carboxylic acid groups (broad SMARTS) is 1. The fourth-order valence-electron chi connectivity index (χ4n) is 1.18. The molecule has 0 amide bonds. The van der Waals surface area contributed by atoms with E-state index in [1.54, 1.807) is 24.3 Å². The van der Waals surface area contributed by atoms with Gasteiger partial charge in [0.1, 0.15) is 6.61 Å². The number of carbonyl (C=O) groups excluding carboxylic acids is 1. The minimum atomic E-state index is -1.09. The van der Waals surface area contributed by atoms with Crippen LogP contribution in [0, 0.1) is 0 Å². The monoisotopic (exact) mass is 267 g/mol. The van der Waals surface area contributed by atoms with Crippen LogP contribution >= 0.6 is 0 Å². The maximum Gasteiger partial charge on any atom is 0.515 e. The van der Waals surface area contributed by atoms with Crippen LogP contribution in [0.25, 0.3) is 0 Å². The molecule has 0 radical (unpaired) electrons. The Kier molecular flexibility index (Phi) is 5.87. The van der Waals surface area contributed by atoms with E-state index in [1.165, 1.54) is 0 Å². The third-order valence-corrected chi connectivity index (χ3v) is 2.06. The SMILES string of the molecule is O=C(O)CCC(=NO)OC(=O)OCc1ccccc1. The first-order chi connectivity index (χ1) is 9.11. The van der Waals surface area contributed by atoms with Crippen molar-refractivity contribution >= 4 is 18.0 Å². The quantitative estimate of drug-likeness (QED) is 0.278. The first kappa shape index (κ1) is 14.5. The van der Waals surface area contributed by atoms with Crippen molar-refractivity contribution in [3.63, 3.8) is 0 Å². The van der Waals surface area contributed by atoms with Gasteiger partial charge in [0, 0.05) is 6.42 Å². The van der Waals surface area contributed by atoms with Gasteiger partial charge in [-0.3, -0.25) is 4.79 Å². The summed E-state index contributed by atoms with van der Waals surface area (Å²) < 4.78 is 9.31. The van der Waals surface area contributed by atoms with Crippen LogP contribution in [-0.2, 0) is 20.9 Å². The Bertz CT molecular complexity index is 457. The van der Waals surface area contributed by atoms with E-state index in [2.05, 4.69) is 9.89 Å². The van der Waals surface area contributed by atoms with Gasteiger partial charge in [0.15, 0.2) is 0 Å². The highest BCUT2D eigenvalue weighted by atomic mass is 16.7. The highest BCUT2D eigenvalue weighted by Crippen LogP contribution is 2.03. The van der Waals surface area contributed by atoms with Crippen molar-refractivity contribution in [1.29, 1.82) is 0 Å². The molecule has 0 bridgehead atoms. The number of hydrogen-bond acceptors (Lipinski definition) is 6. The Balaban J connectivity index is 2.35. The molecule has 0 heterocycles. The molecule has 0 atom stereocenters. The summed E-state index contributed by atoms with van der Waals surface area (Å²) in [7, 11) is 0. The number of carbonyl (C=O) groups is 2. The van der Waals surface area contributed by atoms with Gasteiger partial charge >= 0.3 is 12.1 Å². The summed E-state index contributed by atoms with van der Waals surface area (Å²) in [6.07, 6.45) is -1.57. The van der Waals surface area contributed by atoms with Crippen LogP contribution in [0.5, 0.6) is 0 Å². The summed E-state index contributed by atoms with van der Waals surface area (Å²) >= 11 is 0. The minimum absolute atomic E-state index is 0.0112. The van der Waals surface area contributed by atoms with Crippen LogP contribution in [0.1, 0.15) is 18.4 Å². The molecule has 0 aliphatic rings. The number of nitrogens with zero attached hydrogens (tertiary/aromatic N) is 1. The van der Waals surface area contributed by atoms with E-state index in [0.29, 0.717) is 0 Å². The lowest BCUT2D eigenvalue weighted by Crippen LogP contribution is -2.15. The van der Waals surface area contributed by atoms with Crippen molar-refractivity contribution in [2.45, 2.75) is 19.4 Å². The molecule has 19 heavy (non-hydrogen) atoms. The highest BCUT2D eigenvalue weighted by molar-refractivity contribution is 5.87. The molecule has 0 saturated heterocycles. The minimum Gasteiger partial charge on any atom is -0.481 e. The highest BCUT2D eigenvalue weighted by Gasteiger charge is 2.12. The molecule has 102 valence electrons. The Morgan fingerprint density at radius 1 is 1.16 bits per heavy atom. The van der Waals surface area contributed by atoms with Crippen LogP contribution in [0.4, 0.5) is 4.79 Å². The first-order valence-corrected chi connectivity index (χ1v) is 5.43. The molecular weight excluding hydrogens is 254 g/mol. The van der Waals surface area contributed by atoms with Gasteiger partial charge in [-0.25, -0.2) is 4.79 Å². The van der Waals surface area contributed by atoms with Gasteiger partial charge in [-0.05, 0) is 5.56 Å². The van der Waals surface area contributed by atoms with Gasteiger partial charge in [0.2, 0.25) is 5.90 Å². The average Bonchev–Trinajstić information content (AvgIpc) is 2.42. The van der Waals surface area contributed by atoms with Crippen LogP contribution in [0.2, 0.25) is 0 Å². The Morgan fingerprint density at radius 3 is 2.42 bits per heavy atom. The zero-order valence-corrected chi connectivity index (χ0v) is 9.98. The summed E-state index contributed by atoms with van der Waals surface area (Å²) in [6.45, 7) is 0.0112. The molecule has 1 aromatic rings. The van der Waals surface area contributed by atoms with E-state index in [-0.39, 0.29) is 19.4 Å². The second-order valence-corrected chi connectivity index (χ2v) is 3.51. The molecule has 7 heteroatoms. The normalized spacial score (nSPS) is 10.8. The summed E-state index contributed by atoms with van der Waals surface area (Å²) in [5.41, 5.74) is 0.771. The van der Waals surface area contributed by atoms with Gasteiger partial charge in [-0.15, -0.1) is 0 Å². The second kappa shape index (κ2) is 7.70. The van der Waals surface area contributed by atoms with Crippen molar-refractivity contribution in [1.82, 2.24) is 0 Å². The van der Waals surface area contributed by atoms with Crippen LogP contribution < -0.4 is 0 Å². The van der Waals surface area contributed by atoms with E-state index in [0.717, 1.165) is 5.56 Å². The van der Waals surface area contributed by atoms with E-state index >= 15 is 0 Å². The van der Waals surface area contributed by atoms with Crippen molar-refractivity contribution in [3.05, 3.63) is 35.9 Å². The van der Waals surface area contributed by atoms with Crippen molar-refractivity contribution < 1.29 is 29.4 Å². The van der Waals surface area contributed by atoms with E-state index in [4.69, 9.17) is 15.1 Å². The van der Waals surface area contributed by atoms with Gasteiger partial charge in [-0.2, -0.15) is 0 Å². The Labute approximate surface area is 109 Å². The van der Waals surface area contributed by atoms with E-state index in [9.17, 15) is 9.59 Å². The number of oxime groups is 1. The predicted octanol–water partition coefficient (Wildman–Crippen LogP) is 1.99. The molecule has 0 unspecified atom stereocenters. The van der Waals surface area contributed by atoms with Gasteiger partial charge in [-0.1, -0.05) is 35.5 Å². The fourth-order valence-corrected chi connectivity index (χ4v) is 1.18. The smallest absolute Gasteiger partial charge is 0.481 e. The van der Waals surface area contributed by atoms with Crippen molar-refractivity contribution in [2.24, 2.45) is 5.16 Å². The zero-order chi connectivity index (χ0) is 14.1. The lowest BCUT2D eigenvalue weighted by Gasteiger charge is -2.06. The van der Waals surface area contributed by atoms with Crippen molar-refractivity contribution in [3.8, 4) is 0 Å². The molecule has 0 aliphatic carbocycles. The molecule has 0 fully saturated rings. The summed E-state index contributed by atoms with van der Waals surface area (Å²) in [4.78, 5) is 21.6.